The third-order valence-electron chi connectivity index (χ3n) is 4.83. The average Bonchev–Trinajstić information content (AvgIpc) is 2.75. The summed E-state index contributed by atoms with van der Waals surface area (Å²) in [6.45, 7) is 1.46. The molecule has 0 aliphatic rings. The molecule has 0 bridgehead atoms. The fourth-order valence-corrected chi connectivity index (χ4v) is 3.32. The number of carbonyl (C=O) groups is 2. The highest BCUT2D eigenvalue weighted by atomic mass is 19.1. The highest BCUT2D eigenvalue weighted by Gasteiger charge is 2.19. The molecule has 32 heavy (non-hydrogen) atoms. The van der Waals surface area contributed by atoms with Crippen molar-refractivity contribution in [3.63, 3.8) is 0 Å². The lowest BCUT2D eigenvalue weighted by molar-refractivity contribution is -0.116. The fraction of sp³-hybridized carbons (Fsp3) is 0.0833. The standard InChI is InChI=1S/C24H17F2N3O3/c1-14-5-10-19-23(32)20(22(31)15-6-8-16(25)9-7-15)12-29(24(19)27-14)13-21(30)28-18-4-2-3-17(26)11-18/h2-12H,13H2,1H3,(H,28,30). The van der Waals surface area contributed by atoms with Gasteiger partial charge in [-0.05, 0) is 61.5 Å². The zero-order valence-electron chi connectivity index (χ0n) is 16.9. The third-order valence-corrected chi connectivity index (χ3v) is 4.83. The summed E-state index contributed by atoms with van der Waals surface area (Å²) in [6, 6.07) is 13.4. The molecular weight excluding hydrogens is 416 g/mol. The topological polar surface area (TPSA) is 81.1 Å². The van der Waals surface area contributed by atoms with Crippen LogP contribution in [-0.2, 0) is 11.3 Å². The molecule has 0 spiro atoms. The number of amides is 1. The SMILES string of the molecule is Cc1ccc2c(=O)c(C(=O)c3ccc(F)cc3)cn(CC(=O)Nc3cccc(F)c3)c2n1. The maximum atomic E-state index is 13.4. The second-order valence-corrected chi connectivity index (χ2v) is 7.22. The Labute approximate surface area is 181 Å². The molecule has 2 aromatic carbocycles. The van der Waals surface area contributed by atoms with Crippen LogP contribution in [0.15, 0.2) is 71.7 Å². The highest BCUT2D eigenvalue weighted by molar-refractivity contribution is 6.10. The number of ketones is 1. The molecule has 0 aliphatic heterocycles. The molecule has 0 unspecified atom stereocenters. The van der Waals surface area contributed by atoms with E-state index >= 15 is 0 Å². The molecule has 160 valence electrons. The number of aromatic nitrogens is 2. The van der Waals surface area contributed by atoms with E-state index in [9.17, 15) is 23.2 Å². The number of benzene rings is 2. The number of fused-ring (bicyclic) bond motifs is 1. The first kappa shape index (κ1) is 21.0. The number of rotatable bonds is 5. The van der Waals surface area contributed by atoms with Gasteiger partial charge < -0.3 is 9.88 Å². The quantitative estimate of drug-likeness (QED) is 0.485. The molecule has 4 rings (SSSR count). The van der Waals surface area contributed by atoms with Crippen molar-refractivity contribution in [3.8, 4) is 0 Å². The number of nitrogens with zero attached hydrogens (tertiary/aromatic N) is 2. The summed E-state index contributed by atoms with van der Waals surface area (Å²) in [5.74, 6) is -2.10. The van der Waals surface area contributed by atoms with Crippen molar-refractivity contribution < 1.29 is 18.4 Å². The molecule has 4 aromatic rings. The Morgan fingerprint density at radius 2 is 1.75 bits per heavy atom. The molecule has 0 atom stereocenters. The van der Waals surface area contributed by atoms with Crippen LogP contribution in [0.2, 0.25) is 0 Å². The number of carbonyl (C=O) groups excluding carboxylic acids is 2. The second-order valence-electron chi connectivity index (χ2n) is 7.22. The van der Waals surface area contributed by atoms with Gasteiger partial charge in [0.05, 0.1) is 10.9 Å². The number of pyridine rings is 2. The van der Waals surface area contributed by atoms with E-state index in [-0.39, 0.29) is 34.4 Å². The Morgan fingerprint density at radius 1 is 1.00 bits per heavy atom. The van der Waals surface area contributed by atoms with E-state index in [0.717, 1.165) is 12.1 Å². The van der Waals surface area contributed by atoms with Crippen LogP contribution in [0.3, 0.4) is 0 Å². The van der Waals surface area contributed by atoms with Gasteiger partial charge in [-0.15, -0.1) is 0 Å². The van der Waals surface area contributed by atoms with Gasteiger partial charge in [0.15, 0.2) is 5.78 Å². The Morgan fingerprint density at radius 3 is 2.47 bits per heavy atom. The first-order valence-corrected chi connectivity index (χ1v) is 9.68. The van der Waals surface area contributed by atoms with Gasteiger partial charge in [0.1, 0.15) is 23.8 Å². The second kappa shape index (κ2) is 8.50. The number of anilines is 1. The normalized spacial score (nSPS) is 10.8. The molecule has 2 heterocycles. The largest absolute Gasteiger partial charge is 0.324 e. The fourth-order valence-electron chi connectivity index (χ4n) is 3.32. The number of halogens is 2. The summed E-state index contributed by atoms with van der Waals surface area (Å²) in [4.78, 5) is 42.9. The Bertz CT molecular complexity index is 1410. The van der Waals surface area contributed by atoms with Crippen molar-refractivity contribution in [2.45, 2.75) is 13.5 Å². The van der Waals surface area contributed by atoms with Crippen molar-refractivity contribution in [2.75, 3.05) is 5.32 Å². The zero-order valence-corrected chi connectivity index (χ0v) is 16.9. The van der Waals surface area contributed by atoms with Crippen LogP contribution < -0.4 is 10.7 Å². The summed E-state index contributed by atoms with van der Waals surface area (Å²) < 4.78 is 28.0. The molecule has 6 nitrogen and oxygen atoms in total. The molecule has 0 fully saturated rings. The van der Waals surface area contributed by atoms with Gasteiger partial charge in [0, 0.05) is 23.1 Å². The van der Waals surface area contributed by atoms with Crippen LogP contribution in [0.25, 0.3) is 11.0 Å². The maximum Gasteiger partial charge on any atom is 0.244 e. The molecule has 0 saturated heterocycles. The van der Waals surface area contributed by atoms with E-state index in [0.29, 0.717) is 5.69 Å². The molecule has 8 heteroatoms. The van der Waals surface area contributed by atoms with Crippen molar-refractivity contribution in [1.82, 2.24) is 9.55 Å². The average molecular weight is 433 g/mol. The number of nitrogens with one attached hydrogen (secondary N) is 1. The Balaban J connectivity index is 1.76. The lowest BCUT2D eigenvalue weighted by Gasteiger charge is -2.13. The number of hydrogen-bond acceptors (Lipinski definition) is 4. The summed E-state index contributed by atoms with van der Waals surface area (Å²) in [7, 11) is 0. The minimum absolute atomic E-state index is 0.138. The van der Waals surface area contributed by atoms with Gasteiger partial charge in [0.25, 0.3) is 0 Å². The monoisotopic (exact) mass is 433 g/mol. The first-order chi connectivity index (χ1) is 15.3. The summed E-state index contributed by atoms with van der Waals surface area (Å²) in [6.07, 6.45) is 1.27. The van der Waals surface area contributed by atoms with Crippen LogP contribution in [-0.4, -0.2) is 21.2 Å². The molecule has 0 saturated carbocycles. The van der Waals surface area contributed by atoms with Gasteiger partial charge in [0.2, 0.25) is 11.3 Å². The molecule has 0 aliphatic carbocycles. The van der Waals surface area contributed by atoms with E-state index in [2.05, 4.69) is 10.3 Å². The van der Waals surface area contributed by atoms with Gasteiger partial charge in [-0.25, -0.2) is 13.8 Å². The van der Waals surface area contributed by atoms with E-state index < -0.39 is 28.8 Å². The predicted octanol–water partition coefficient (Wildman–Crippen LogP) is 3.85. The number of hydrogen-bond donors (Lipinski definition) is 1. The van der Waals surface area contributed by atoms with E-state index in [4.69, 9.17) is 0 Å². The number of aryl methyl sites for hydroxylation is 1. The maximum absolute atomic E-state index is 13.4. The van der Waals surface area contributed by atoms with E-state index in [1.165, 1.54) is 47.2 Å². The van der Waals surface area contributed by atoms with Gasteiger partial charge >= 0.3 is 0 Å². The zero-order chi connectivity index (χ0) is 22.8. The van der Waals surface area contributed by atoms with Crippen LogP contribution >= 0.6 is 0 Å². The minimum atomic E-state index is -0.600. The van der Waals surface area contributed by atoms with Crippen LogP contribution in [0.5, 0.6) is 0 Å². The molecule has 1 amide bonds. The molecular formula is C24H17F2N3O3. The first-order valence-electron chi connectivity index (χ1n) is 9.68. The Kier molecular flexibility index (Phi) is 5.59. The molecule has 2 aromatic heterocycles. The smallest absolute Gasteiger partial charge is 0.244 e. The minimum Gasteiger partial charge on any atom is -0.324 e. The van der Waals surface area contributed by atoms with Crippen molar-refractivity contribution in [3.05, 3.63) is 106 Å². The van der Waals surface area contributed by atoms with Crippen LogP contribution in [0.1, 0.15) is 21.6 Å². The van der Waals surface area contributed by atoms with Crippen molar-refractivity contribution in [2.24, 2.45) is 0 Å². The lowest BCUT2D eigenvalue weighted by atomic mass is 10.0. The molecule has 1 N–H and O–H groups in total. The van der Waals surface area contributed by atoms with Gasteiger partial charge in [-0.1, -0.05) is 6.07 Å². The van der Waals surface area contributed by atoms with Crippen molar-refractivity contribution >= 4 is 28.4 Å². The van der Waals surface area contributed by atoms with Crippen molar-refractivity contribution in [1.29, 1.82) is 0 Å². The molecule has 0 radical (unpaired) electrons. The lowest BCUT2D eigenvalue weighted by Crippen LogP contribution is -2.25. The summed E-state index contributed by atoms with van der Waals surface area (Å²) in [5, 5.41) is 2.75. The van der Waals surface area contributed by atoms with Gasteiger partial charge in [-0.2, -0.15) is 0 Å². The van der Waals surface area contributed by atoms with Gasteiger partial charge in [-0.3, -0.25) is 14.4 Å². The summed E-state index contributed by atoms with van der Waals surface area (Å²) in [5.41, 5.74) is 0.552. The summed E-state index contributed by atoms with van der Waals surface area (Å²) >= 11 is 0. The predicted molar refractivity (Wildman–Crippen MR) is 116 cm³/mol. The van der Waals surface area contributed by atoms with Crippen LogP contribution in [0, 0.1) is 18.6 Å². The van der Waals surface area contributed by atoms with E-state index in [1.54, 1.807) is 19.1 Å². The third kappa shape index (κ3) is 4.29. The highest BCUT2D eigenvalue weighted by Crippen LogP contribution is 2.15. The van der Waals surface area contributed by atoms with Crippen LogP contribution in [0.4, 0.5) is 14.5 Å². The van der Waals surface area contributed by atoms with E-state index in [1.807, 2.05) is 0 Å². The Hall–Kier alpha value is -4.20.